The maximum absolute atomic E-state index is 12.1. The van der Waals surface area contributed by atoms with Gasteiger partial charge >= 0.3 is 0 Å². The van der Waals surface area contributed by atoms with Crippen LogP contribution in [0.4, 0.5) is 0 Å². The third-order valence-corrected chi connectivity index (χ3v) is 5.80. The van der Waals surface area contributed by atoms with Gasteiger partial charge in [0, 0.05) is 5.33 Å². The predicted octanol–water partition coefficient (Wildman–Crippen LogP) is 5.04. The Hall–Kier alpha value is -0.350. The minimum atomic E-state index is -2.96. The van der Waals surface area contributed by atoms with Crippen molar-refractivity contribution in [1.29, 1.82) is 0 Å². The van der Waals surface area contributed by atoms with Crippen LogP contribution in [0.2, 0.25) is 0 Å². The summed E-state index contributed by atoms with van der Waals surface area (Å²) in [5, 5.41) is 1.09. The summed E-state index contributed by atoms with van der Waals surface area (Å²) < 4.78 is 24.2. The van der Waals surface area contributed by atoms with Crippen molar-refractivity contribution in [1.82, 2.24) is 0 Å². The number of alkyl halides is 1. The van der Waals surface area contributed by atoms with Crippen molar-refractivity contribution in [3.63, 3.8) is 0 Å². The lowest BCUT2D eigenvalue weighted by Crippen LogP contribution is -2.09. The number of unbranched alkanes of at least 4 members (excludes halogenated alkanes) is 6. The number of rotatable bonds is 11. The number of hydrogen-bond acceptors (Lipinski definition) is 2. The average molecular weight is 375 g/mol. The normalized spacial score (nSPS) is 11.7. The van der Waals surface area contributed by atoms with Crippen molar-refractivity contribution in [3.05, 3.63) is 35.4 Å². The molecular formula is C17H27BrO2S. The second kappa shape index (κ2) is 10.4. The topological polar surface area (TPSA) is 34.1 Å². The average Bonchev–Trinajstić information content (AvgIpc) is 2.41. The Morgan fingerprint density at radius 3 is 2.19 bits per heavy atom. The van der Waals surface area contributed by atoms with Crippen molar-refractivity contribution < 1.29 is 8.42 Å². The molecule has 1 aromatic rings. The highest BCUT2D eigenvalue weighted by atomic mass is 79.9. The van der Waals surface area contributed by atoms with E-state index in [0.29, 0.717) is 5.75 Å². The van der Waals surface area contributed by atoms with Gasteiger partial charge in [0.25, 0.3) is 0 Å². The van der Waals surface area contributed by atoms with Crippen LogP contribution in [-0.4, -0.2) is 19.5 Å². The van der Waals surface area contributed by atoms with E-state index in [0.717, 1.165) is 35.7 Å². The zero-order valence-electron chi connectivity index (χ0n) is 13.0. The molecule has 0 aliphatic carbocycles. The first-order valence-electron chi connectivity index (χ1n) is 7.85. The Morgan fingerprint density at radius 2 is 1.57 bits per heavy atom. The molecular weight excluding hydrogens is 348 g/mol. The van der Waals surface area contributed by atoms with E-state index in [9.17, 15) is 8.42 Å². The van der Waals surface area contributed by atoms with Crippen LogP contribution < -0.4 is 0 Å². The third-order valence-electron chi connectivity index (χ3n) is 3.56. The van der Waals surface area contributed by atoms with E-state index in [2.05, 4.69) is 15.9 Å². The van der Waals surface area contributed by atoms with E-state index >= 15 is 0 Å². The highest BCUT2D eigenvalue weighted by molar-refractivity contribution is 9.09. The monoisotopic (exact) mass is 374 g/mol. The molecule has 0 saturated carbocycles. The van der Waals surface area contributed by atoms with Gasteiger partial charge in [0.1, 0.15) is 0 Å². The van der Waals surface area contributed by atoms with Crippen molar-refractivity contribution >= 4 is 25.8 Å². The van der Waals surface area contributed by atoms with Crippen molar-refractivity contribution in [2.45, 2.75) is 57.6 Å². The molecule has 4 heteroatoms. The van der Waals surface area contributed by atoms with E-state index in [4.69, 9.17) is 0 Å². The lowest BCUT2D eigenvalue weighted by atomic mass is 10.1. The van der Waals surface area contributed by atoms with Crippen LogP contribution in [-0.2, 0) is 15.6 Å². The van der Waals surface area contributed by atoms with Gasteiger partial charge in [-0.2, -0.15) is 0 Å². The fourth-order valence-electron chi connectivity index (χ4n) is 2.43. The summed E-state index contributed by atoms with van der Waals surface area (Å²) in [7, 11) is -2.96. The molecule has 0 atom stereocenters. The van der Waals surface area contributed by atoms with Crippen LogP contribution >= 0.6 is 15.9 Å². The minimum absolute atomic E-state index is 0.180. The molecule has 0 fully saturated rings. The smallest absolute Gasteiger partial charge is 0.154 e. The number of sulfone groups is 1. The van der Waals surface area contributed by atoms with Crippen molar-refractivity contribution in [2.75, 3.05) is 11.1 Å². The summed E-state index contributed by atoms with van der Waals surface area (Å²) in [6, 6.07) is 7.77. The minimum Gasteiger partial charge on any atom is -0.228 e. The molecule has 0 spiro atoms. The van der Waals surface area contributed by atoms with Crippen LogP contribution in [0, 0.1) is 6.92 Å². The summed E-state index contributed by atoms with van der Waals surface area (Å²) >= 11 is 3.43. The first-order chi connectivity index (χ1) is 10.0. The summed E-state index contributed by atoms with van der Waals surface area (Å²) in [5.74, 6) is 0.502. The van der Waals surface area contributed by atoms with Gasteiger partial charge in [-0.3, -0.25) is 0 Å². The molecule has 0 bridgehead atoms. The highest BCUT2D eigenvalue weighted by Gasteiger charge is 2.11. The number of halogens is 1. The highest BCUT2D eigenvalue weighted by Crippen LogP contribution is 2.12. The van der Waals surface area contributed by atoms with Crippen LogP contribution in [0.1, 0.15) is 56.1 Å². The fourth-order valence-corrected chi connectivity index (χ4v) is 4.30. The first kappa shape index (κ1) is 18.7. The molecule has 0 amide bonds. The van der Waals surface area contributed by atoms with Crippen LogP contribution in [0.5, 0.6) is 0 Å². The third kappa shape index (κ3) is 9.30. The van der Waals surface area contributed by atoms with E-state index in [1.54, 1.807) is 0 Å². The fraction of sp³-hybridized carbons (Fsp3) is 0.647. The molecule has 0 aliphatic rings. The Labute approximate surface area is 138 Å². The summed E-state index contributed by atoms with van der Waals surface area (Å²) in [5.41, 5.74) is 2.02. The molecule has 1 aromatic carbocycles. The molecule has 0 radical (unpaired) electrons. The summed E-state index contributed by atoms with van der Waals surface area (Å²) in [4.78, 5) is 0. The lowest BCUT2D eigenvalue weighted by Gasteiger charge is -2.06. The molecule has 0 heterocycles. The van der Waals surface area contributed by atoms with Gasteiger partial charge in [-0.1, -0.05) is 77.9 Å². The predicted molar refractivity (Wildman–Crippen MR) is 94.8 cm³/mol. The summed E-state index contributed by atoms with van der Waals surface area (Å²) in [6.07, 6.45) is 7.99. The molecule has 0 unspecified atom stereocenters. The van der Waals surface area contributed by atoms with E-state index in [1.807, 2.05) is 31.2 Å². The van der Waals surface area contributed by atoms with Gasteiger partial charge < -0.3 is 0 Å². The van der Waals surface area contributed by atoms with E-state index in [1.165, 1.54) is 25.7 Å². The van der Waals surface area contributed by atoms with Crippen LogP contribution in [0.25, 0.3) is 0 Å². The van der Waals surface area contributed by atoms with Crippen molar-refractivity contribution in [3.8, 4) is 0 Å². The molecule has 1 rings (SSSR count). The van der Waals surface area contributed by atoms with Gasteiger partial charge in [0.15, 0.2) is 9.84 Å². The van der Waals surface area contributed by atoms with Crippen LogP contribution in [0.15, 0.2) is 24.3 Å². The Bertz CT molecular complexity index is 497. The van der Waals surface area contributed by atoms with Gasteiger partial charge in [0.2, 0.25) is 0 Å². The Morgan fingerprint density at radius 1 is 0.952 bits per heavy atom. The van der Waals surface area contributed by atoms with Gasteiger partial charge in [-0.05, 0) is 25.3 Å². The largest absolute Gasteiger partial charge is 0.228 e. The molecule has 2 nitrogen and oxygen atoms in total. The quantitative estimate of drug-likeness (QED) is 0.401. The second-order valence-corrected chi connectivity index (χ2v) is 8.72. The standard InChI is InChI=1S/C17H27BrO2S/c1-16-10-9-11-17(14-16)15-21(19,20)13-8-6-4-2-3-5-7-12-18/h9-11,14H,2-8,12-13,15H2,1H3. The second-order valence-electron chi connectivity index (χ2n) is 5.74. The van der Waals surface area contributed by atoms with E-state index < -0.39 is 9.84 Å². The number of aryl methyl sites for hydroxylation is 1. The molecule has 0 N–H and O–H groups in total. The van der Waals surface area contributed by atoms with Crippen molar-refractivity contribution in [2.24, 2.45) is 0 Å². The SMILES string of the molecule is Cc1cccc(CS(=O)(=O)CCCCCCCCCBr)c1. The zero-order chi connectivity index (χ0) is 15.6. The molecule has 21 heavy (non-hydrogen) atoms. The summed E-state index contributed by atoms with van der Waals surface area (Å²) in [6.45, 7) is 1.99. The number of hydrogen-bond donors (Lipinski definition) is 0. The molecule has 0 aromatic heterocycles. The van der Waals surface area contributed by atoms with Gasteiger partial charge in [0.05, 0.1) is 11.5 Å². The number of benzene rings is 1. The van der Waals surface area contributed by atoms with Gasteiger partial charge in [-0.25, -0.2) is 8.42 Å². The van der Waals surface area contributed by atoms with Crippen LogP contribution in [0.3, 0.4) is 0 Å². The molecule has 120 valence electrons. The first-order valence-corrected chi connectivity index (χ1v) is 10.8. The molecule has 0 saturated heterocycles. The zero-order valence-corrected chi connectivity index (χ0v) is 15.4. The maximum Gasteiger partial charge on any atom is 0.154 e. The lowest BCUT2D eigenvalue weighted by molar-refractivity contribution is 0.579. The maximum atomic E-state index is 12.1. The Balaban J connectivity index is 2.18. The van der Waals surface area contributed by atoms with E-state index in [-0.39, 0.29) is 5.75 Å². The Kier molecular flexibility index (Phi) is 9.25. The molecule has 0 aliphatic heterocycles. The van der Waals surface area contributed by atoms with Gasteiger partial charge in [-0.15, -0.1) is 0 Å².